The predicted molar refractivity (Wildman–Crippen MR) is 43.2 cm³/mol. The summed E-state index contributed by atoms with van der Waals surface area (Å²) in [7, 11) is 0. The molecule has 66 valence electrons. The lowest BCUT2D eigenvalue weighted by Gasteiger charge is -2.07. The molecule has 1 aromatic heterocycles. The van der Waals surface area contributed by atoms with E-state index in [4.69, 9.17) is 22.4 Å². The Balaban J connectivity index is 2.96. The van der Waals surface area contributed by atoms with E-state index in [-0.39, 0.29) is 11.8 Å². The lowest BCUT2D eigenvalue weighted by molar-refractivity contribution is 0.267. The maximum Gasteiger partial charge on any atom is 0.164 e. The zero-order valence-electron chi connectivity index (χ0n) is 6.17. The van der Waals surface area contributed by atoms with Crippen LogP contribution in [0.3, 0.4) is 0 Å². The second-order valence-corrected chi connectivity index (χ2v) is 2.69. The predicted octanol–water partition coefficient (Wildman–Crippen LogP) is 0.866. The highest BCUT2D eigenvalue weighted by Gasteiger charge is 2.08. The van der Waals surface area contributed by atoms with Crippen molar-refractivity contribution in [1.82, 2.24) is 4.98 Å². The lowest BCUT2D eigenvalue weighted by atomic mass is 10.1. The first-order valence-electron chi connectivity index (χ1n) is 3.32. The summed E-state index contributed by atoms with van der Waals surface area (Å²) in [6.45, 7) is -0.247. The molecule has 1 rings (SSSR count). The van der Waals surface area contributed by atoms with Crippen LogP contribution in [-0.2, 0) is 0 Å². The van der Waals surface area contributed by atoms with Gasteiger partial charge in [-0.3, -0.25) is 0 Å². The van der Waals surface area contributed by atoms with E-state index in [1.165, 1.54) is 6.20 Å². The molecule has 0 aliphatic carbocycles. The average molecular weight is 191 g/mol. The number of hydrogen-bond acceptors (Lipinski definition) is 3. The van der Waals surface area contributed by atoms with Gasteiger partial charge in [0.1, 0.15) is 0 Å². The third kappa shape index (κ3) is 1.91. The van der Waals surface area contributed by atoms with Crippen LogP contribution >= 0.6 is 11.6 Å². The van der Waals surface area contributed by atoms with Crippen molar-refractivity contribution in [2.24, 2.45) is 5.73 Å². The minimum absolute atomic E-state index is 0.191. The molecule has 12 heavy (non-hydrogen) atoms. The van der Waals surface area contributed by atoms with Crippen molar-refractivity contribution in [3.05, 3.63) is 28.8 Å². The molecule has 0 spiro atoms. The molecular weight excluding hydrogens is 183 g/mol. The van der Waals surface area contributed by atoms with Crippen LogP contribution in [0.2, 0.25) is 5.15 Å². The van der Waals surface area contributed by atoms with E-state index in [0.29, 0.717) is 5.56 Å². The number of halogens is 2. The maximum atomic E-state index is 12.7. The van der Waals surface area contributed by atoms with Crippen LogP contribution in [-0.4, -0.2) is 16.7 Å². The smallest absolute Gasteiger partial charge is 0.164 e. The first kappa shape index (κ1) is 9.38. The van der Waals surface area contributed by atoms with Crippen LogP contribution in [0.1, 0.15) is 11.6 Å². The summed E-state index contributed by atoms with van der Waals surface area (Å²) in [5.74, 6) is -0.627. The van der Waals surface area contributed by atoms with Crippen LogP contribution in [0.4, 0.5) is 4.39 Å². The van der Waals surface area contributed by atoms with Crippen molar-refractivity contribution in [1.29, 1.82) is 0 Å². The molecule has 0 radical (unpaired) electrons. The minimum atomic E-state index is -0.627. The molecular formula is C7H8ClFN2O. The van der Waals surface area contributed by atoms with Gasteiger partial charge in [0.05, 0.1) is 12.6 Å². The Hall–Kier alpha value is -0.710. The first-order chi connectivity index (χ1) is 5.65. The van der Waals surface area contributed by atoms with Crippen LogP contribution < -0.4 is 5.73 Å². The van der Waals surface area contributed by atoms with E-state index in [1.807, 2.05) is 0 Å². The van der Waals surface area contributed by atoms with Gasteiger partial charge in [-0.15, -0.1) is 0 Å². The van der Waals surface area contributed by atoms with E-state index in [9.17, 15) is 4.39 Å². The first-order valence-corrected chi connectivity index (χ1v) is 3.70. The fraction of sp³-hybridized carbons (Fsp3) is 0.286. The molecule has 1 aromatic rings. The number of nitrogens with two attached hydrogens (primary N) is 1. The van der Waals surface area contributed by atoms with Gasteiger partial charge < -0.3 is 10.8 Å². The number of aliphatic hydroxyl groups excluding tert-OH is 1. The van der Waals surface area contributed by atoms with Crippen molar-refractivity contribution in [2.45, 2.75) is 6.04 Å². The Kier molecular flexibility index (Phi) is 2.97. The molecule has 0 saturated heterocycles. The van der Waals surface area contributed by atoms with Gasteiger partial charge >= 0.3 is 0 Å². The molecule has 0 amide bonds. The molecule has 3 nitrogen and oxygen atoms in total. The van der Waals surface area contributed by atoms with Gasteiger partial charge in [-0.25, -0.2) is 9.37 Å². The standard InChI is InChI=1S/C7H8ClFN2O/c8-7-5(9)1-4(2-11-7)6(10)3-12/h1-2,6,12H,3,10H2/t6-/m0/s1. The number of pyridine rings is 1. The van der Waals surface area contributed by atoms with E-state index in [0.717, 1.165) is 6.07 Å². The number of aromatic nitrogens is 1. The summed E-state index contributed by atoms with van der Waals surface area (Å²) in [5.41, 5.74) is 5.84. The topological polar surface area (TPSA) is 59.1 Å². The quantitative estimate of drug-likeness (QED) is 0.681. The van der Waals surface area contributed by atoms with Gasteiger partial charge in [-0.05, 0) is 11.6 Å². The van der Waals surface area contributed by atoms with Crippen LogP contribution in [0.15, 0.2) is 12.3 Å². The summed E-state index contributed by atoms with van der Waals surface area (Å²) >= 11 is 5.34. The highest BCUT2D eigenvalue weighted by Crippen LogP contribution is 2.15. The number of hydrogen-bond donors (Lipinski definition) is 2. The largest absolute Gasteiger partial charge is 0.394 e. The molecule has 5 heteroatoms. The monoisotopic (exact) mass is 190 g/mol. The highest BCUT2D eigenvalue weighted by molar-refractivity contribution is 6.29. The van der Waals surface area contributed by atoms with Crippen molar-refractivity contribution in [3.8, 4) is 0 Å². The van der Waals surface area contributed by atoms with E-state index < -0.39 is 11.9 Å². The van der Waals surface area contributed by atoms with Gasteiger partial charge in [0.2, 0.25) is 0 Å². The van der Waals surface area contributed by atoms with Crippen molar-refractivity contribution in [3.63, 3.8) is 0 Å². The number of nitrogens with zero attached hydrogens (tertiary/aromatic N) is 1. The molecule has 0 saturated carbocycles. The Labute approximate surface area is 74.0 Å². The maximum absolute atomic E-state index is 12.7. The summed E-state index contributed by atoms with van der Waals surface area (Å²) in [4.78, 5) is 3.55. The molecule has 1 atom stereocenters. The van der Waals surface area contributed by atoms with Crippen molar-refractivity contribution in [2.75, 3.05) is 6.61 Å². The zero-order valence-corrected chi connectivity index (χ0v) is 6.92. The average Bonchev–Trinajstić information content (AvgIpc) is 2.08. The molecule has 0 aliphatic heterocycles. The number of aliphatic hydroxyl groups is 1. The SMILES string of the molecule is N[C@@H](CO)c1cnc(Cl)c(F)c1. The van der Waals surface area contributed by atoms with Gasteiger partial charge in [0, 0.05) is 6.20 Å². The Morgan fingerprint density at radius 2 is 2.42 bits per heavy atom. The van der Waals surface area contributed by atoms with Gasteiger partial charge in [-0.1, -0.05) is 11.6 Å². The Bertz CT molecular complexity index is 282. The Morgan fingerprint density at radius 1 is 1.75 bits per heavy atom. The molecule has 0 aliphatic rings. The van der Waals surface area contributed by atoms with Gasteiger partial charge in [0.25, 0.3) is 0 Å². The number of rotatable bonds is 2. The third-order valence-electron chi connectivity index (χ3n) is 1.44. The van der Waals surface area contributed by atoms with E-state index >= 15 is 0 Å². The summed E-state index contributed by atoms with van der Waals surface area (Å²) in [5, 5.41) is 8.45. The zero-order chi connectivity index (χ0) is 9.14. The molecule has 0 bridgehead atoms. The van der Waals surface area contributed by atoms with E-state index in [2.05, 4.69) is 4.98 Å². The normalized spacial score (nSPS) is 13.0. The van der Waals surface area contributed by atoms with Crippen LogP contribution in [0, 0.1) is 5.82 Å². The van der Waals surface area contributed by atoms with Crippen LogP contribution in [0.5, 0.6) is 0 Å². The third-order valence-corrected chi connectivity index (χ3v) is 1.72. The summed E-state index contributed by atoms with van der Waals surface area (Å²) in [6, 6.07) is 0.556. The molecule has 0 unspecified atom stereocenters. The minimum Gasteiger partial charge on any atom is -0.394 e. The molecule has 0 aromatic carbocycles. The van der Waals surface area contributed by atoms with Crippen molar-refractivity contribution < 1.29 is 9.50 Å². The fourth-order valence-electron chi connectivity index (χ4n) is 0.744. The second-order valence-electron chi connectivity index (χ2n) is 2.33. The summed E-state index contributed by atoms with van der Waals surface area (Å²) < 4.78 is 12.7. The lowest BCUT2D eigenvalue weighted by Crippen LogP contribution is -2.14. The molecule has 0 fully saturated rings. The van der Waals surface area contributed by atoms with E-state index in [1.54, 1.807) is 0 Å². The summed E-state index contributed by atoms with van der Waals surface area (Å²) in [6.07, 6.45) is 1.34. The fourth-order valence-corrected chi connectivity index (χ4v) is 0.848. The van der Waals surface area contributed by atoms with Gasteiger partial charge in [-0.2, -0.15) is 0 Å². The Morgan fingerprint density at radius 3 is 2.92 bits per heavy atom. The van der Waals surface area contributed by atoms with Gasteiger partial charge in [0.15, 0.2) is 11.0 Å². The molecule has 3 N–H and O–H groups in total. The molecule has 1 heterocycles. The second kappa shape index (κ2) is 3.80. The highest BCUT2D eigenvalue weighted by atomic mass is 35.5. The van der Waals surface area contributed by atoms with Crippen molar-refractivity contribution >= 4 is 11.6 Å². The van der Waals surface area contributed by atoms with Crippen LogP contribution in [0.25, 0.3) is 0 Å².